The number of rotatable bonds is 0. The Morgan fingerprint density at radius 1 is 0.812 bits per heavy atom. The highest BCUT2D eigenvalue weighted by Gasteiger charge is 2.15. The zero-order valence-corrected chi connectivity index (χ0v) is 10.4. The van der Waals surface area contributed by atoms with E-state index in [-0.39, 0.29) is 0 Å². The second kappa shape index (κ2) is 3.38. The first-order chi connectivity index (χ1) is 7.72. The van der Waals surface area contributed by atoms with Crippen molar-refractivity contribution in [2.45, 2.75) is 6.42 Å². The smallest absolute Gasteiger partial charge is 0.0884 e. The molecule has 0 atom stereocenters. The normalized spacial score (nSPS) is 13.0. The number of nitrogen functional groups attached to an aromatic ring is 2. The van der Waals surface area contributed by atoms with Gasteiger partial charge in [-0.3, -0.25) is 0 Å². The van der Waals surface area contributed by atoms with E-state index in [2.05, 4.69) is 24.3 Å². The topological polar surface area (TPSA) is 52.0 Å². The van der Waals surface area contributed by atoms with Crippen LogP contribution in [0, 0.1) is 0 Å². The minimum atomic E-state index is -0.398. The van der Waals surface area contributed by atoms with Gasteiger partial charge in [-0.15, -0.1) is 0 Å². The molecule has 0 saturated heterocycles. The van der Waals surface area contributed by atoms with Crippen LogP contribution in [0.15, 0.2) is 36.4 Å². The van der Waals surface area contributed by atoms with E-state index in [9.17, 15) is 0 Å². The van der Waals surface area contributed by atoms with Gasteiger partial charge in [-0.1, -0.05) is 22.5 Å². The van der Waals surface area contributed by atoms with Gasteiger partial charge in [-0.25, -0.2) is 0 Å². The van der Waals surface area contributed by atoms with E-state index < -0.39 is 9.52 Å². The highest BCUT2D eigenvalue weighted by atomic mass is 28.2. The van der Waals surface area contributed by atoms with Crippen molar-refractivity contribution in [2.75, 3.05) is 11.5 Å². The lowest BCUT2D eigenvalue weighted by molar-refractivity contribution is 1.21. The fourth-order valence-corrected chi connectivity index (χ4v) is 4.40. The number of hydrogen-bond acceptors (Lipinski definition) is 2. The molecule has 16 heavy (non-hydrogen) atoms. The summed E-state index contributed by atoms with van der Waals surface area (Å²) < 4.78 is 0. The van der Waals surface area contributed by atoms with Crippen LogP contribution >= 0.6 is 0 Å². The van der Waals surface area contributed by atoms with E-state index in [0.717, 1.165) is 17.8 Å². The molecule has 2 aromatic carbocycles. The molecular formula is C13H14N2Si. The molecule has 1 aliphatic rings. The molecule has 3 heteroatoms. The maximum absolute atomic E-state index is 5.83. The van der Waals surface area contributed by atoms with E-state index in [1.807, 2.05) is 12.1 Å². The van der Waals surface area contributed by atoms with Gasteiger partial charge < -0.3 is 11.5 Å². The molecule has 3 rings (SSSR count). The Labute approximate surface area is 97.1 Å². The summed E-state index contributed by atoms with van der Waals surface area (Å²) >= 11 is 0. The summed E-state index contributed by atoms with van der Waals surface area (Å²) in [6, 6.07) is 12.6. The first kappa shape index (κ1) is 9.48. The number of fused-ring (bicyclic) bond motifs is 2. The van der Waals surface area contributed by atoms with Gasteiger partial charge in [0, 0.05) is 11.4 Å². The van der Waals surface area contributed by atoms with Crippen molar-refractivity contribution in [1.82, 2.24) is 0 Å². The van der Waals surface area contributed by atoms with Gasteiger partial charge in [-0.2, -0.15) is 0 Å². The van der Waals surface area contributed by atoms with E-state index in [0.29, 0.717) is 0 Å². The Hall–Kier alpha value is -1.74. The van der Waals surface area contributed by atoms with Crippen LogP contribution in [0.3, 0.4) is 0 Å². The van der Waals surface area contributed by atoms with E-state index in [1.54, 1.807) is 0 Å². The molecule has 0 fully saturated rings. The van der Waals surface area contributed by atoms with Crippen LogP contribution in [0.2, 0.25) is 0 Å². The molecule has 80 valence electrons. The Morgan fingerprint density at radius 3 is 1.81 bits per heavy atom. The molecule has 2 aromatic rings. The summed E-state index contributed by atoms with van der Waals surface area (Å²) in [5.74, 6) is 0. The Kier molecular flexibility index (Phi) is 2.01. The Balaban J connectivity index is 2.10. The summed E-state index contributed by atoms with van der Waals surface area (Å²) in [5, 5.41) is 2.94. The molecule has 2 nitrogen and oxygen atoms in total. The molecule has 0 aliphatic carbocycles. The Bertz CT molecular complexity index is 514. The predicted molar refractivity (Wildman–Crippen MR) is 72.3 cm³/mol. The van der Waals surface area contributed by atoms with Gasteiger partial charge in [0.1, 0.15) is 0 Å². The summed E-state index contributed by atoms with van der Waals surface area (Å²) in [6.07, 6.45) is 1.03. The van der Waals surface area contributed by atoms with E-state index in [1.165, 1.54) is 21.5 Å². The predicted octanol–water partition coefficient (Wildman–Crippen LogP) is -0.125. The molecule has 0 aromatic heterocycles. The van der Waals surface area contributed by atoms with Crippen LogP contribution in [0.4, 0.5) is 11.4 Å². The van der Waals surface area contributed by atoms with Crippen molar-refractivity contribution in [3.63, 3.8) is 0 Å². The fourth-order valence-electron chi connectivity index (χ4n) is 2.38. The van der Waals surface area contributed by atoms with Crippen molar-refractivity contribution >= 4 is 31.3 Å². The first-order valence-electron chi connectivity index (χ1n) is 5.47. The Morgan fingerprint density at radius 2 is 1.31 bits per heavy atom. The zero-order valence-electron chi connectivity index (χ0n) is 9.03. The molecule has 0 spiro atoms. The summed E-state index contributed by atoms with van der Waals surface area (Å²) in [6.45, 7) is 0. The SMILES string of the molecule is Nc1ccc2c(c1)[SiH2]c1cc(N)ccc1C2. The highest BCUT2D eigenvalue weighted by molar-refractivity contribution is 6.69. The molecule has 0 unspecified atom stereocenters. The molecule has 1 heterocycles. The average molecular weight is 226 g/mol. The first-order valence-corrected chi connectivity index (χ1v) is 6.88. The van der Waals surface area contributed by atoms with Crippen LogP contribution in [0.1, 0.15) is 11.1 Å². The molecule has 1 aliphatic heterocycles. The summed E-state index contributed by atoms with van der Waals surface area (Å²) in [5.41, 5.74) is 16.3. The molecule has 0 saturated carbocycles. The summed E-state index contributed by atoms with van der Waals surface area (Å²) in [4.78, 5) is 0. The van der Waals surface area contributed by atoms with Gasteiger partial charge >= 0.3 is 0 Å². The van der Waals surface area contributed by atoms with Crippen molar-refractivity contribution in [3.05, 3.63) is 47.5 Å². The lowest BCUT2D eigenvalue weighted by Gasteiger charge is -2.20. The maximum atomic E-state index is 5.83. The van der Waals surface area contributed by atoms with Gasteiger partial charge in [0.15, 0.2) is 0 Å². The average Bonchev–Trinajstić information content (AvgIpc) is 2.26. The van der Waals surface area contributed by atoms with E-state index in [4.69, 9.17) is 11.5 Å². The lowest BCUT2D eigenvalue weighted by Crippen LogP contribution is -2.37. The van der Waals surface area contributed by atoms with E-state index >= 15 is 0 Å². The lowest BCUT2D eigenvalue weighted by atomic mass is 10.0. The van der Waals surface area contributed by atoms with Crippen LogP contribution in [0.5, 0.6) is 0 Å². The molecule has 4 N–H and O–H groups in total. The second-order valence-electron chi connectivity index (χ2n) is 4.41. The monoisotopic (exact) mass is 226 g/mol. The number of benzene rings is 2. The maximum Gasteiger partial charge on any atom is 0.0884 e. The second-order valence-corrected chi connectivity index (χ2v) is 6.29. The molecule has 0 bridgehead atoms. The zero-order chi connectivity index (χ0) is 11.1. The van der Waals surface area contributed by atoms with Crippen LogP contribution in [-0.4, -0.2) is 9.52 Å². The number of anilines is 2. The third-order valence-electron chi connectivity index (χ3n) is 3.22. The fraction of sp³-hybridized carbons (Fsp3) is 0.0769. The van der Waals surface area contributed by atoms with Gasteiger partial charge in [0.2, 0.25) is 0 Å². The number of nitrogens with two attached hydrogens (primary N) is 2. The van der Waals surface area contributed by atoms with Gasteiger partial charge in [0.25, 0.3) is 0 Å². The van der Waals surface area contributed by atoms with Crippen LogP contribution < -0.4 is 21.8 Å². The standard InChI is InChI=1S/C13H14N2Si/c14-10-3-1-8-5-9-2-4-11(15)7-13(9)16-12(8)6-10/h1-4,6-7H,5,14-16H2. The molecule has 0 radical (unpaired) electrons. The third kappa shape index (κ3) is 1.49. The van der Waals surface area contributed by atoms with Crippen molar-refractivity contribution in [1.29, 1.82) is 0 Å². The molecule has 0 amide bonds. The van der Waals surface area contributed by atoms with Gasteiger partial charge in [-0.05, 0) is 41.8 Å². The summed E-state index contributed by atoms with van der Waals surface area (Å²) in [7, 11) is -0.398. The number of hydrogen-bond donors (Lipinski definition) is 2. The van der Waals surface area contributed by atoms with Crippen LogP contribution in [-0.2, 0) is 6.42 Å². The van der Waals surface area contributed by atoms with Gasteiger partial charge in [0.05, 0.1) is 9.52 Å². The largest absolute Gasteiger partial charge is 0.399 e. The van der Waals surface area contributed by atoms with Crippen molar-refractivity contribution in [2.24, 2.45) is 0 Å². The van der Waals surface area contributed by atoms with Crippen molar-refractivity contribution < 1.29 is 0 Å². The molecular weight excluding hydrogens is 212 g/mol. The highest BCUT2D eigenvalue weighted by Crippen LogP contribution is 2.14. The third-order valence-corrected chi connectivity index (χ3v) is 5.30. The van der Waals surface area contributed by atoms with Crippen molar-refractivity contribution in [3.8, 4) is 0 Å². The minimum Gasteiger partial charge on any atom is -0.399 e. The quantitative estimate of drug-likeness (QED) is 0.414. The van der Waals surface area contributed by atoms with Crippen LogP contribution in [0.25, 0.3) is 0 Å². The minimum absolute atomic E-state index is 0.398.